The molecule has 3 aromatic carbocycles. The van der Waals surface area contributed by atoms with E-state index in [9.17, 15) is 22.0 Å². The molecule has 0 unspecified atom stereocenters. The molecule has 0 aromatic heterocycles. The minimum atomic E-state index is -3.93. The second kappa shape index (κ2) is 10.7. The van der Waals surface area contributed by atoms with E-state index < -0.39 is 27.6 Å². The third-order valence-corrected chi connectivity index (χ3v) is 7.86. The van der Waals surface area contributed by atoms with Crippen LogP contribution in [0.4, 0.5) is 25.8 Å². The SMILES string of the molecule is CCN(CC)S(=O)(=O)c1cccc(Oc2cc(F)cc(Nc3ccc(I)cc3F)c2C(N)=O)c1N. The molecule has 0 spiro atoms. The van der Waals surface area contributed by atoms with Crippen LogP contribution in [0.25, 0.3) is 0 Å². The number of halogens is 3. The van der Waals surface area contributed by atoms with Gasteiger partial charge in [0.05, 0.1) is 17.1 Å². The number of sulfonamides is 1. The summed E-state index contributed by atoms with van der Waals surface area (Å²) >= 11 is 1.93. The van der Waals surface area contributed by atoms with Gasteiger partial charge in [-0.3, -0.25) is 4.79 Å². The Morgan fingerprint density at radius 2 is 1.74 bits per heavy atom. The van der Waals surface area contributed by atoms with Gasteiger partial charge in [0, 0.05) is 22.7 Å². The number of ether oxygens (including phenoxy) is 1. The van der Waals surface area contributed by atoms with Crippen molar-refractivity contribution in [3.63, 3.8) is 0 Å². The van der Waals surface area contributed by atoms with Crippen LogP contribution in [0, 0.1) is 15.2 Å². The minimum Gasteiger partial charge on any atom is -0.454 e. The van der Waals surface area contributed by atoms with Crippen LogP contribution in [0.15, 0.2) is 53.4 Å². The smallest absolute Gasteiger partial charge is 0.254 e. The number of nitrogens with one attached hydrogen (secondary N) is 1. The number of nitrogen functional groups attached to an aromatic ring is 1. The number of anilines is 3. The zero-order chi connectivity index (χ0) is 25.9. The van der Waals surface area contributed by atoms with Crippen molar-refractivity contribution in [1.29, 1.82) is 0 Å². The number of hydrogen-bond donors (Lipinski definition) is 3. The molecule has 0 saturated carbocycles. The number of nitrogens with two attached hydrogens (primary N) is 2. The van der Waals surface area contributed by atoms with E-state index in [0.717, 1.165) is 12.1 Å². The Balaban J connectivity index is 2.09. The van der Waals surface area contributed by atoms with Crippen molar-refractivity contribution in [3.8, 4) is 11.5 Å². The van der Waals surface area contributed by atoms with Gasteiger partial charge in [-0.25, -0.2) is 17.2 Å². The van der Waals surface area contributed by atoms with E-state index >= 15 is 0 Å². The van der Waals surface area contributed by atoms with E-state index in [-0.39, 0.29) is 52.1 Å². The monoisotopic (exact) mass is 616 g/mol. The van der Waals surface area contributed by atoms with Crippen LogP contribution in [-0.2, 0) is 10.0 Å². The average Bonchev–Trinajstić information content (AvgIpc) is 2.77. The Bertz CT molecular complexity index is 1380. The van der Waals surface area contributed by atoms with Crippen molar-refractivity contribution >= 4 is 55.6 Å². The Morgan fingerprint density at radius 1 is 1.06 bits per heavy atom. The second-order valence-electron chi connectivity index (χ2n) is 7.30. The first-order chi connectivity index (χ1) is 16.5. The van der Waals surface area contributed by atoms with Gasteiger partial charge < -0.3 is 21.5 Å². The zero-order valence-corrected chi connectivity index (χ0v) is 21.8. The van der Waals surface area contributed by atoms with Gasteiger partial charge in [-0.15, -0.1) is 0 Å². The van der Waals surface area contributed by atoms with E-state index in [4.69, 9.17) is 16.2 Å². The molecule has 8 nitrogen and oxygen atoms in total. The largest absolute Gasteiger partial charge is 0.454 e. The predicted octanol–water partition coefficient (Wildman–Crippen LogP) is 4.82. The number of rotatable bonds is 9. The van der Waals surface area contributed by atoms with Crippen molar-refractivity contribution in [2.75, 3.05) is 24.1 Å². The molecule has 0 atom stereocenters. The van der Waals surface area contributed by atoms with Crippen molar-refractivity contribution in [2.24, 2.45) is 5.73 Å². The standard InChI is InChI=1S/C23H23F2IN4O4S/c1-3-30(4-2)35(32,33)20-7-5-6-18(22(20)27)34-19-11-13(24)10-17(21(19)23(28)31)29-16-9-8-14(26)12-15(16)25/h5-12,29H,3-4,27H2,1-2H3,(H2,28,31). The predicted molar refractivity (Wildman–Crippen MR) is 138 cm³/mol. The normalized spacial score (nSPS) is 11.5. The van der Waals surface area contributed by atoms with E-state index in [1.165, 1.54) is 34.6 Å². The molecular weight excluding hydrogens is 593 g/mol. The summed E-state index contributed by atoms with van der Waals surface area (Å²) < 4.78 is 62.4. The highest BCUT2D eigenvalue weighted by Crippen LogP contribution is 2.38. The summed E-state index contributed by atoms with van der Waals surface area (Å²) in [5, 5.41) is 2.66. The van der Waals surface area contributed by atoms with Crippen LogP contribution in [0.2, 0.25) is 0 Å². The lowest BCUT2D eigenvalue weighted by Crippen LogP contribution is -2.31. The van der Waals surface area contributed by atoms with Crippen LogP contribution in [0.3, 0.4) is 0 Å². The van der Waals surface area contributed by atoms with E-state index in [0.29, 0.717) is 3.57 Å². The molecule has 186 valence electrons. The van der Waals surface area contributed by atoms with Gasteiger partial charge in [0.25, 0.3) is 5.91 Å². The van der Waals surface area contributed by atoms with Gasteiger partial charge in [0.15, 0.2) is 5.75 Å². The Labute approximate surface area is 215 Å². The molecule has 0 bridgehead atoms. The Morgan fingerprint density at radius 3 is 2.34 bits per heavy atom. The molecule has 0 saturated heterocycles. The van der Waals surface area contributed by atoms with Gasteiger partial charge in [-0.1, -0.05) is 19.9 Å². The first-order valence-electron chi connectivity index (χ1n) is 10.4. The minimum absolute atomic E-state index is 0.0173. The molecule has 35 heavy (non-hydrogen) atoms. The van der Waals surface area contributed by atoms with E-state index in [2.05, 4.69) is 5.32 Å². The summed E-state index contributed by atoms with van der Waals surface area (Å²) in [6, 6.07) is 10.3. The number of primary amides is 1. The molecule has 12 heteroatoms. The zero-order valence-electron chi connectivity index (χ0n) is 18.8. The van der Waals surface area contributed by atoms with Gasteiger partial charge >= 0.3 is 0 Å². The Hall–Kier alpha value is -2.97. The lowest BCUT2D eigenvalue weighted by Gasteiger charge is -2.21. The van der Waals surface area contributed by atoms with Crippen molar-refractivity contribution in [1.82, 2.24) is 4.31 Å². The number of hydrogen-bond acceptors (Lipinski definition) is 6. The second-order valence-corrected chi connectivity index (χ2v) is 10.5. The van der Waals surface area contributed by atoms with Gasteiger partial charge in [0.2, 0.25) is 10.0 Å². The number of benzene rings is 3. The fourth-order valence-electron chi connectivity index (χ4n) is 3.41. The summed E-state index contributed by atoms with van der Waals surface area (Å²) in [5.41, 5.74) is 11.0. The molecule has 0 aliphatic rings. The molecule has 0 aliphatic carbocycles. The maximum atomic E-state index is 14.5. The van der Waals surface area contributed by atoms with E-state index in [1.54, 1.807) is 19.9 Å². The number of carbonyl (C=O) groups excluding carboxylic acids is 1. The topological polar surface area (TPSA) is 128 Å². The number of carbonyl (C=O) groups is 1. The molecule has 1 amide bonds. The number of nitrogens with zero attached hydrogens (tertiary/aromatic N) is 1. The third kappa shape index (κ3) is 5.65. The highest BCUT2D eigenvalue weighted by molar-refractivity contribution is 14.1. The number of amides is 1. The molecule has 5 N–H and O–H groups in total. The maximum absolute atomic E-state index is 14.5. The van der Waals surface area contributed by atoms with Crippen LogP contribution in [0.1, 0.15) is 24.2 Å². The van der Waals surface area contributed by atoms with Crippen molar-refractivity contribution < 1.29 is 26.7 Å². The van der Waals surface area contributed by atoms with Gasteiger partial charge in [0.1, 0.15) is 27.8 Å². The van der Waals surface area contributed by atoms with Crippen LogP contribution >= 0.6 is 22.6 Å². The number of para-hydroxylation sites is 1. The van der Waals surface area contributed by atoms with Crippen LogP contribution in [0.5, 0.6) is 11.5 Å². The van der Waals surface area contributed by atoms with Crippen LogP contribution < -0.4 is 21.5 Å². The maximum Gasteiger partial charge on any atom is 0.254 e. The lowest BCUT2D eigenvalue weighted by molar-refractivity contribution is 0.0999. The van der Waals surface area contributed by atoms with Crippen molar-refractivity contribution in [3.05, 3.63) is 69.3 Å². The first kappa shape index (κ1) is 26.6. The Kier molecular flexibility index (Phi) is 8.18. The molecule has 3 aromatic rings. The highest BCUT2D eigenvalue weighted by Gasteiger charge is 2.27. The van der Waals surface area contributed by atoms with Gasteiger partial charge in [-0.2, -0.15) is 4.31 Å². The fraction of sp³-hybridized carbons (Fsp3) is 0.174. The molecule has 0 heterocycles. The summed E-state index contributed by atoms with van der Waals surface area (Å²) in [6.07, 6.45) is 0. The molecule has 0 aliphatic heterocycles. The summed E-state index contributed by atoms with van der Waals surface area (Å²) in [6.45, 7) is 3.83. The van der Waals surface area contributed by atoms with Crippen LogP contribution in [-0.4, -0.2) is 31.7 Å². The molecular formula is C23H23F2IN4O4S. The van der Waals surface area contributed by atoms with Gasteiger partial charge in [-0.05, 0) is 59.0 Å². The third-order valence-electron chi connectivity index (χ3n) is 5.08. The van der Waals surface area contributed by atoms with Crippen molar-refractivity contribution in [2.45, 2.75) is 18.7 Å². The molecule has 3 rings (SSSR count). The molecule has 0 fully saturated rings. The molecule has 0 radical (unpaired) electrons. The summed E-state index contributed by atoms with van der Waals surface area (Å²) in [5.74, 6) is -2.88. The fourth-order valence-corrected chi connectivity index (χ4v) is 5.45. The lowest BCUT2D eigenvalue weighted by atomic mass is 10.1. The average molecular weight is 616 g/mol. The first-order valence-corrected chi connectivity index (χ1v) is 12.9. The summed E-state index contributed by atoms with van der Waals surface area (Å²) in [7, 11) is -3.93. The highest BCUT2D eigenvalue weighted by atomic mass is 127. The van der Waals surface area contributed by atoms with E-state index in [1.807, 2.05) is 22.6 Å². The summed E-state index contributed by atoms with van der Waals surface area (Å²) in [4.78, 5) is 12.1. The quantitative estimate of drug-likeness (QED) is 0.234.